The molecule has 1 heterocycles. The summed E-state index contributed by atoms with van der Waals surface area (Å²) in [6.45, 7) is 1.95. The Morgan fingerprint density at radius 3 is 2.79 bits per heavy atom. The quantitative estimate of drug-likeness (QED) is 0.457. The number of benzene rings is 1. The fourth-order valence-electron chi connectivity index (χ4n) is 3.14. The molecule has 1 amide bonds. The standard InChI is InChI=1S/C21H19FN2O3S/c1-2-27-21(26)18-15-8-4-6-10-17(15)28-20(18)24-19(25)14(12-23)11-13-7-3-5-9-16(13)22/h3,5,7,9,11H,2,4,6,8,10H2,1H3,(H,24,25)/b14-11-. The molecule has 28 heavy (non-hydrogen) atoms. The highest BCUT2D eigenvalue weighted by atomic mass is 32.1. The second kappa shape index (κ2) is 8.81. The molecule has 7 heteroatoms. The van der Waals surface area contributed by atoms with E-state index in [1.54, 1.807) is 19.1 Å². The van der Waals surface area contributed by atoms with E-state index in [2.05, 4.69) is 5.32 Å². The van der Waals surface area contributed by atoms with E-state index in [0.29, 0.717) is 10.6 Å². The molecular formula is C21H19FN2O3S. The van der Waals surface area contributed by atoms with Crippen molar-refractivity contribution in [3.63, 3.8) is 0 Å². The molecule has 0 fully saturated rings. The van der Waals surface area contributed by atoms with E-state index >= 15 is 0 Å². The molecule has 5 nitrogen and oxygen atoms in total. The van der Waals surface area contributed by atoms with Crippen LogP contribution in [0.4, 0.5) is 9.39 Å². The van der Waals surface area contributed by atoms with E-state index < -0.39 is 17.7 Å². The van der Waals surface area contributed by atoms with Gasteiger partial charge in [0.2, 0.25) is 0 Å². The van der Waals surface area contributed by atoms with Crippen molar-refractivity contribution < 1.29 is 18.7 Å². The van der Waals surface area contributed by atoms with Crippen LogP contribution in [0.5, 0.6) is 0 Å². The van der Waals surface area contributed by atoms with Gasteiger partial charge in [-0.2, -0.15) is 5.26 Å². The third kappa shape index (κ3) is 4.12. The number of fused-ring (bicyclic) bond motifs is 1. The molecule has 2 aromatic rings. The normalized spacial score (nSPS) is 13.4. The van der Waals surface area contributed by atoms with Crippen molar-refractivity contribution in [2.45, 2.75) is 32.6 Å². The Morgan fingerprint density at radius 1 is 1.32 bits per heavy atom. The molecule has 144 valence electrons. The van der Waals surface area contributed by atoms with Gasteiger partial charge >= 0.3 is 5.97 Å². The minimum absolute atomic E-state index is 0.144. The van der Waals surface area contributed by atoms with Crippen LogP contribution in [0.15, 0.2) is 29.8 Å². The van der Waals surface area contributed by atoms with E-state index in [-0.39, 0.29) is 17.7 Å². The van der Waals surface area contributed by atoms with E-state index in [9.17, 15) is 19.2 Å². The summed E-state index contributed by atoms with van der Waals surface area (Å²) >= 11 is 1.34. The molecule has 0 spiro atoms. The Morgan fingerprint density at radius 2 is 2.07 bits per heavy atom. The monoisotopic (exact) mass is 398 g/mol. The van der Waals surface area contributed by atoms with Crippen LogP contribution in [-0.4, -0.2) is 18.5 Å². The zero-order chi connectivity index (χ0) is 20.1. The van der Waals surface area contributed by atoms with Gasteiger partial charge in [0, 0.05) is 10.4 Å². The lowest BCUT2D eigenvalue weighted by Crippen LogP contribution is -2.16. The molecule has 3 rings (SSSR count). The maximum Gasteiger partial charge on any atom is 0.341 e. The van der Waals surface area contributed by atoms with Gasteiger partial charge < -0.3 is 10.1 Å². The van der Waals surface area contributed by atoms with E-state index in [4.69, 9.17) is 4.74 Å². The minimum Gasteiger partial charge on any atom is -0.462 e. The zero-order valence-electron chi connectivity index (χ0n) is 15.4. The number of nitrogens with one attached hydrogen (secondary N) is 1. The number of carbonyl (C=O) groups is 2. The average Bonchev–Trinajstić information content (AvgIpc) is 3.05. The Hall–Kier alpha value is -2.98. The smallest absolute Gasteiger partial charge is 0.341 e. The molecule has 0 aliphatic heterocycles. The number of hydrogen-bond acceptors (Lipinski definition) is 5. The van der Waals surface area contributed by atoms with Crippen LogP contribution < -0.4 is 5.32 Å². The minimum atomic E-state index is -0.685. The Balaban J connectivity index is 1.93. The molecule has 0 radical (unpaired) electrons. The largest absolute Gasteiger partial charge is 0.462 e. The highest BCUT2D eigenvalue weighted by molar-refractivity contribution is 7.17. The van der Waals surface area contributed by atoms with Crippen LogP contribution >= 0.6 is 11.3 Å². The van der Waals surface area contributed by atoms with Crippen LogP contribution in [0.25, 0.3) is 6.08 Å². The van der Waals surface area contributed by atoms with Crippen LogP contribution in [0.2, 0.25) is 0 Å². The third-order valence-corrected chi connectivity index (χ3v) is 5.66. The first-order valence-electron chi connectivity index (χ1n) is 9.04. The fourth-order valence-corrected chi connectivity index (χ4v) is 4.41. The number of anilines is 1. The van der Waals surface area contributed by atoms with Crippen LogP contribution in [0.1, 0.15) is 46.1 Å². The number of halogens is 1. The van der Waals surface area contributed by atoms with Crippen molar-refractivity contribution in [2.24, 2.45) is 0 Å². The zero-order valence-corrected chi connectivity index (χ0v) is 16.2. The summed E-state index contributed by atoms with van der Waals surface area (Å²) in [4.78, 5) is 26.2. The highest BCUT2D eigenvalue weighted by Crippen LogP contribution is 2.38. The lowest BCUT2D eigenvalue weighted by Gasteiger charge is -2.12. The predicted molar refractivity (Wildman–Crippen MR) is 106 cm³/mol. The van der Waals surface area contributed by atoms with E-state index in [1.807, 2.05) is 0 Å². The number of aryl methyl sites for hydroxylation is 1. The first-order chi connectivity index (χ1) is 13.5. The summed E-state index contributed by atoms with van der Waals surface area (Å²) < 4.78 is 19.0. The van der Waals surface area contributed by atoms with Crippen LogP contribution in [-0.2, 0) is 22.4 Å². The number of amides is 1. The summed E-state index contributed by atoms with van der Waals surface area (Å²) in [6.07, 6.45) is 4.80. The molecule has 0 saturated heterocycles. The molecule has 0 unspecified atom stereocenters. The lowest BCUT2D eigenvalue weighted by atomic mass is 9.95. The second-order valence-corrected chi connectivity index (χ2v) is 7.39. The number of nitriles is 1. The highest BCUT2D eigenvalue weighted by Gasteiger charge is 2.27. The van der Waals surface area contributed by atoms with Gasteiger partial charge in [-0.1, -0.05) is 18.2 Å². The molecule has 0 atom stereocenters. The summed E-state index contributed by atoms with van der Waals surface area (Å²) in [5.74, 6) is -1.69. The van der Waals surface area contributed by atoms with Crippen molar-refractivity contribution in [3.8, 4) is 6.07 Å². The third-order valence-electron chi connectivity index (χ3n) is 4.45. The van der Waals surface area contributed by atoms with Crippen LogP contribution in [0, 0.1) is 17.1 Å². The number of rotatable bonds is 5. The molecule has 1 aliphatic rings. The summed E-state index contributed by atoms with van der Waals surface area (Å²) in [5.41, 5.74) is 1.19. The van der Waals surface area contributed by atoms with Crippen molar-refractivity contribution >= 4 is 34.3 Å². The lowest BCUT2D eigenvalue weighted by molar-refractivity contribution is -0.112. The number of nitrogens with zero attached hydrogens (tertiary/aromatic N) is 1. The summed E-state index contributed by atoms with van der Waals surface area (Å²) in [5, 5.41) is 12.4. The van der Waals surface area contributed by atoms with Crippen molar-refractivity contribution in [3.05, 3.63) is 57.2 Å². The van der Waals surface area contributed by atoms with Crippen molar-refractivity contribution in [1.29, 1.82) is 5.26 Å². The van der Waals surface area contributed by atoms with Gasteiger partial charge in [-0.25, -0.2) is 9.18 Å². The van der Waals surface area contributed by atoms with Gasteiger partial charge in [-0.05, 0) is 50.3 Å². The maximum atomic E-state index is 13.8. The first-order valence-corrected chi connectivity index (χ1v) is 9.86. The SMILES string of the molecule is CCOC(=O)c1c(NC(=O)/C(C#N)=C\c2ccccc2F)sc2c1CCCC2. The van der Waals surface area contributed by atoms with E-state index in [1.165, 1.54) is 35.6 Å². The summed E-state index contributed by atoms with van der Waals surface area (Å²) in [7, 11) is 0. The number of carbonyl (C=O) groups excluding carboxylic acids is 2. The molecule has 0 saturated carbocycles. The number of esters is 1. The van der Waals surface area contributed by atoms with Gasteiger partial charge in [0.1, 0.15) is 22.5 Å². The van der Waals surface area contributed by atoms with Gasteiger partial charge in [-0.15, -0.1) is 11.3 Å². The number of hydrogen-bond donors (Lipinski definition) is 1. The topological polar surface area (TPSA) is 79.2 Å². The van der Waals surface area contributed by atoms with Gasteiger partial charge in [0.15, 0.2) is 0 Å². The Kier molecular flexibility index (Phi) is 6.22. The van der Waals surface area contributed by atoms with Crippen molar-refractivity contribution in [2.75, 3.05) is 11.9 Å². The fraction of sp³-hybridized carbons (Fsp3) is 0.286. The average molecular weight is 398 g/mol. The van der Waals surface area contributed by atoms with Crippen molar-refractivity contribution in [1.82, 2.24) is 0 Å². The predicted octanol–water partition coefficient (Wildman–Crippen LogP) is 4.49. The Bertz CT molecular complexity index is 988. The summed E-state index contributed by atoms with van der Waals surface area (Å²) in [6, 6.07) is 7.69. The molecular weight excluding hydrogens is 379 g/mol. The molecule has 1 aromatic carbocycles. The van der Waals surface area contributed by atoms with Gasteiger partial charge in [-0.3, -0.25) is 4.79 Å². The molecule has 1 N–H and O–H groups in total. The molecule has 1 aliphatic carbocycles. The maximum absolute atomic E-state index is 13.8. The molecule has 1 aromatic heterocycles. The van der Waals surface area contributed by atoms with E-state index in [0.717, 1.165) is 36.1 Å². The Labute approximate surface area is 166 Å². The molecule has 0 bridgehead atoms. The second-order valence-electron chi connectivity index (χ2n) is 6.28. The number of thiophene rings is 1. The first kappa shape index (κ1) is 19.8. The van der Waals surface area contributed by atoms with Gasteiger partial charge in [0.05, 0.1) is 12.2 Å². The number of ether oxygens (including phenoxy) is 1. The van der Waals surface area contributed by atoms with Crippen LogP contribution in [0.3, 0.4) is 0 Å². The van der Waals surface area contributed by atoms with Gasteiger partial charge in [0.25, 0.3) is 5.91 Å².